The lowest BCUT2D eigenvalue weighted by atomic mass is 9.93. The van der Waals surface area contributed by atoms with E-state index in [0.29, 0.717) is 11.3 Å². The third kappa shape index (κ3) is 4.70. The minimum absolute atomic E-state index is 0.0953. The maximum Gasteiger partial charge on any atom is 0.513 e. The van der Waals surface area contributed by atoms with E-state index < -0.39 is 14.2 Å². The van der Waals surface area contributed by atoms with Crippen molar-refractivity contribution in [1.82, 2.24) is 9.78 Å². The summed E-state index contributed by atoms with van der Waals surface area (Å²) < 4.78 is 11.2. The molecule has 0 bridgehead atoms. The standard InChI is InChI=1S/C21H26N2O4Si/c1-13-11-14(2)17(16(12-13)9-10-28(6,7)8)18-19(27-21(25)26-5)15(3)22-23(4)20(18)24/h11-12H,1-8H3. The van der Waals surface area contributed by atoms with Gasteiger partial charge in [0.15, 0.2) is 5.75 Å². The van der Waals surface area contributed by atoms with Gasteiger partial charge < -0.3 is 9.47 Å². The van der Waals surface area contributed by atoms with E-state index in [0.717, 1.165) is 16.7 Å². The van der Waals surface area contributed by atoms with Crippen molar-refractivity contribution in [3.63, 3.8) is 0 Å². The smallest absolute Gasteiger partial charge is 0.437 e. The summed E-state index contributed by atoms with van der Waals surface area (Å²) in [5.41, 5.74) is 6.96. The van der Waals surface area contributed by atoms with Gasteiger partial charge >= 0.3 is 6.16 Å². The first-order valence-electron chi connectivity index (χ1n) is 8.93. The van der Waals surface area contributed by atoms with Crippen molar-refractivity contribution in [2.24, 2.45) is 7.05 Å². The van der Waals surface area contributed by atoms with Gasteiger partial charge in [-0.25, -0.2) is 9.48 Å². The lowest BCUT2D eigenvalue weighted by molar-refractivity contribution is 0.121. The van der Waals surface area contributed by atoms with Crippen LogP contribution in [-0.2, 0) is 11.8 Å². The quantitative estimate of drug-likeness (QED) is 0.438. The van der Waals surface area contributed by atoms with Gasteiger partial charge in [0.2, 0.25) is 0 Å². The highest BCUT2D eigenvalue weighted by atomic mass is 28.3. The molecule has 7 heteroatoms. The third-order valence-corrected chi connectivity index (χ3v) is 4.89. The van der Waals surface area contributed by atoms with Gasteiger partial charge in [0.25, 0.3) is 5.56 Å². The Balaban J connectivity index is 2.93. The van der Waals surface area contributed by atoms with Crippen LogP contribution in [0.2, 0.25) is 19.6 Å². The monoisotopic (exact) mass is 398 g/mol. The second kappa shape index (κ2) is 8.03. The van der Waals surface area contributed by atoms with Gasteiger partial charge in [-0.1, -0.05) is 31.6 Å². The first-order valence-corrected chi connectivity index (χ1v) is 12.4. The summed E-state index contributed by atoms with van der Waals surface area (Å²) in [7, 11) is 1.14. The molecule has 0 saturated carbocycles. The molecule has 0 amide bonds. The van der Waals surface area contributed by atoms with Crippen LogP contribution in [-0.4, -0.2) is 31.1 Å². The Kier molecular flexibility index (Phi) is 6.15. The fourth-order valence-corrected chi connectivity index (χ4v) is 3.39. The zero-order valence-corrected chi connectivity index (χ0v) is 18.7. The summed E-state index contributed by atoms with van der Waals surface area (Å²) in [6.07, 6.45) is -0.904. The summed E-state index contributed by atoms with van der Waals surface area (Å²) in [5, 5.41) is 4.15. The zero-order valence-electron chi connectivity index (χ0n) is 17.7. The summed E-state index contributed by atoms with van der Waals surface area (Å²) in [6, 6.07) is 3.93. The fourth-order valence-electron chi connectivity index (χ4n) is 2.88. The van der Waals surface area contributed by atoms with Crippen molar-refractivity contribution in [3.8, 4) is 28.3 Å². The SMILES string of the molecule is COC(=O)Oc1c(C)nn(C)c(=O)c1-c1c(C)cc(C)cc1C#C[Si](C)(C)C. The van der Waals surface area contributed by atoms with Crippen molar-refractivity contribution in [2.45, 2.75) is 40.4 Å². The van der Waals surface area contributed by atoms with E-state index in [9.17, 15) is 9.59 Å². The molecular weight excluding hydrogens is 372 g/mol. The van der Waals surface area contributed by atoms with E-state index in [-0.39, 0.29) is 16.9 Å². The molecular formula is C21H26N2O4Si. The van der Waals surface area contributed by atoms with Crippen LogP contribution in [0.3, 0.4) is 0 Å². The molecule has 0 aliphatic heterocycles. The molecule has 148 valence electrons. The number of hydrogen-bond acceptors (Lipinski definition) is 5. The number of nitrogens with zero attached hydrogens (tertiary/aromatic N) is 2. The lowest BCUT2D eigenvalue weighted by Crippen LogP contribution is -2.25. The van der Waals surface area contributed by atoms with E-state index >= 15 is 0 Å². The largest absolute Gasteiger partial charge is 0.513 e. The van der Waals surface area contributed by atoms with Crippen LogP contribution in [0.4, 0.5) is 4.79 Å². The van der Waals surface area contributed by atoms with Crippen LogP contribution in [0.25, 0.3) is 11.1 Å². The molecule has 28 heavy (non-hydrogen) atoms. The van der Waals surface area contributed by atoms with Gasteiger partial charge in [0.1, 0.15) is 13.8 Å². The van der Waals surface area contributed by atoms with Crippen LogP contribution in [0.1, 0.15) is 22.4 Å². The summed E-state index contributed by atoms with van der Waals surface area (Å²) in [5.74, 6) is 3.36. The van der Waals surface area contributed by atoms with Gasteiger partial charge in [-0.2, -0.15) is 5.10 Å². The number of aromatic nitrogens is 2. The van der Waals surface area contributed by atoms with Crippen LogP contribution < -0.4 is 10.3 Å². The molecule has 0 aliphatic rings. The lowest BCUT2D eigenvalue weighted by Gasteiger charge is -2.16. The number of aryl methyl sites for hydroxylation is 4. The molecule has 1 aromatic heterocycles. The molecule has 2 aromatic rings. The molecule has 0 unspecified atom stereocenters. The average molecular weight is 399 g/mol. The Morgan fingerprint density at radius 1 is 1.14 bits per heavy atom. The second-order valence-corrected chi connectivity index (χ2v) is 12.5. The molecule has 0 saturated heterocycles. The van der Waals surface area contributed by atoms with Crippen LogP contribution in [0.5, 0.6) is 5.75 Å². The molecule has 0 N–H and O–H groups in total. The predicted molar refractivity (Wildman–Crippen MR) is 112 cm³/mol. The van der Waals surface area contributed by atoms with E-state index in [1.165, 1.54) is 11.8 Å². The summed E-state index contributed by atoms with van der Waals surface area (Å²) in [4.78, 5) is 24.8. The number of rotatable bonds is 2. The molecule has 1 heterocycles. The molecule has 1 aromatic carbocycles. The van der Waals surface area contributed by atoms with Gasteiger partial charge in [-0.3, -0.25) is 4.79 Å². The molecule has 0 spiro atoms. The highest BCUT2D eigenvalue weighted by Crippen LogP contribution is 2.34. The Labute approximate surface area is 166 Å². The normalized spacial score (nSPS) is 10.9. The van der Waals surface area contributed by atoms with Crippen LogP contribution in [0, 0.1) is 32.2 Å². The molecule has 0 atom stereocenters. The van der Waals surface area contributed by atoms with Gasteiger partial charge in [-0.05, 0) is 38.0 Å². The molecule has 0 fully saturated rings. The maximum atomic E-state index is 13.0. The fraction of sp³-hybridized carbons (Fsp3) is 0.381. The van der Waals surface area contributed by atoms with E-state index in [2.05, 4.69) is 40.9 Å². The second-order valence-electron chi connectivity index (χ2n) is 7.78. The number of ether oxygens (including phenoxy) is 2. The van der Waals surface area contributed by atoms with Gasteiger partial charge in [0.05, 0.1) is 12.7 Å². The first kappa shape index (κ1) is 21.4. The average Bonchev–Trinajstić information content (AvgIpc) is 2.58. The predicted octanol–water partition coefficient (Wildman–Crippen LogP) is 3.75. The molecule has 2 rings (SSSR count). The first-order chi connectivity index (χ1) is 12.9. The Hall–Kier alpha value is -2.85. The third-order valence-electron chi connectivity index (χ3n) is 4.02. The van der Waals surface area contributed by atoms with E-state index in [1.54, 1.807) is 14.0 Å². The summed E-state index contributed by atoms with van der Waals surface area (Å²) >= 11 is 0. The highest BCUT2D eigenvalue weighted by Gasteiger charge is 2.24. The topological polar surface area (TPSA) is 70.4 Å². The summed E-state index contributed by atoms with van der Waals surface area (Å²) in [6.45, 7) is 12.0. The zero-order chi connectivity index (χ0) is 21.2. The minimum atomic E-state index is -1.64. The van der Waals surface area contributed by atoms with Crippen molar-refractivity contribution in [1.29, 1.82) is 0 Å². The Morgan fingerprint density at radius 2 is 1.79 bits per heavy atom. The number of methoxy groups -OCH3 is 1. The Morgan fingerprint density at radius 3 is 2.36 bits per heavy atom. The van der Waals surface area contributed by atoms with E-state index in [1.807, 2.05) is 26.0 Å². The molecule has 0 radical (unpaired) electrons. The number of benzene rings is 1. The molecule has 0 aliphatic carbocycles. The molecule has 6 nitrogen and oxygen atoms in total. The van der Waals surface area contributed by atoms with Crippen molar-refractivity contribution in [3.05, 3.63) is 44.9 Å². The van der Waals surface area contributed by atoms with Crippen LogP contribution >= 0.6 is 0 Å². The number of hydrogen-bond donors (Lipinski definition) is 0. The van der Waals surface area contributed by atoms with Gasteiger partial charge in [0, 0.05) is 18.2 Å². The number of carbonyl (C=O) groups excluding carboxylic acids is 1. The van der Waals surface area contributed by atoms with Crippen molar-refractivity contribution >= 4 is 14.2 Å². The number of carbonyl (C=O) groups is 1. The van der Waals surface area contributed by atoms with E-state index in [4.69, 9.17) is 4.74 Å². The van der Waals surface area contributed by atoms with Crippen molar-refractivity contribution in [2.75, 3.05) is 7.11 Å². The minimum Gasteiger partial charge on any atom is -0.437 e. The highest BCUT2D eigenvalue weighted by molar-refractivity contribution is 6.83. The van der Waals surface area contributed by atoms with Gasteiger partial charge in [-0.15, -0.1) is 5.54 Å². The van der Waals surface area contributed by atoms with Crippen molar-refractivity contribution < 1.29 is 14.3 Å². The Bertz CT molecular complexity index is 1050. The maximum absolute atomic E-state index is 13.0. The van der Waals surface area contributed by atoms with Crippen LogP contribution in [0.15, 0.2) is 16.9 Å².